The zero-order valence-electron chi connectivity index (χ0n) is 14.3. The van der Waals surface area contributed by atoms with Crippen molar-refractivity contribution in [3.05, 3.63) is 59.9 Å². The van der Waals surface area contributed by atoms with E-state index < -0.39 is 24.3 Å². The molecule has 25 heavy (non-hydrogen) atoms. The predicted octanol–water partition coefficient (Wildman–Crippen LogP) is 3.47. The quantitative estimate of drug-likeness (QED) is 0.782. The molecule has 0 saturated heterocycles. The van der Waals surface area contributed by atoms with E-state index in [1.54, 1.807) is 18.2 Å². The minimum Gasteiger partial charge on any atom is -0.452 e. The SMILES string of the molecule is CCN(CC)c1ccc(C(=O)OCC(=O)Nc2cccc(F)c2)cc1. The number of ether oxygens (including phenoxy) is 1. The van der Waals surface area contributed by atoms with Crippen molar-refractivity contribution in [3.8, 4) is 0 Å². The Labute approximate surface area is 146 Å². The number of carbonyl (C=O) groups excluding carboxylic acids is 2. The summed E-state index contributed by atoms with van der Waals surface area (Å²) in [5, 5.41) is 2.47. The lowest BCUT2D eigenvalue weighted by molar-refractivity contribution is -0.119. The first-order valence-electron chi connectivity index (χ1n) is 8.11. The standard InChI is InChI=1S/C19H21FN2O3/c1-3-22(4-2)17-10-8-14(9-11-17)19(24)25-13-18(23)21-16-7-5-6-15(20)12-16/h5-12H,3-4,13H2,1-2H3,(H,21,23). The Morgan fingerprint density at radius 3 is 2.36 bits per heavy atom. The number of esters is 1. The minimum absolute atomic E-state index is 0.310. The molecule has 2 aromatic carbocycles. The van der Waals surface area contributed by atoms with Gasteiger partial charge in [0.05, 0.1) is 5.56 Å². The van der Waals surface area contributed by atoms with Gasteiger partial charge in [-0.2, -0.15) is 0 Å². The van der Waals surface area contributed by atoms with Gasteiger partial charge in [-0.3, -0.25) is 4.79 Å². The van der Waals surface area contributed by atoms with E-state index in [1.807, 2.05) is 12.1 Å². The van der Waals surface area contributed by atoms with Gasteiger partial charge in [0, 0.05) is 24.5 Å². The van der Waals surface area contributed by atoms with Crippen molar-refractivity contribution in [3.63, 3.8) is 0 Å². The molecule has 0 spiro atoms. The third-order valence-electron chi connectivity index (χ3n) is 3.67. The molecule has 0 aliphatic carbocycles. The van der Waals surface area contributed by atoms with Crippen molar-refractivity contribution in [1.82, 2.24) is 0 Å². The zero-order chi connectivity index (χ0) is 18.2. The smallest absolute Gasteiger partial charge is 0.338 e. The van der Waals surface area contributed by atoms with Gasteiger partial charge >= 0.3 is 5.97 Å². The number of amides is 1. The number of hydrogen-bond acceptors (Lipinski definition) is 4. The fraction of sp³-hybridized carbons (Fsp3) is 0.263. The lowest BCUT2D eigenvalue weighted by Gasteiger charge is -2.20. The number of anilines is 2. The largest absolute Gasteiger partial charge is 0.452 e. The molecule has 2 aromatic rings. The second-order valence-electron chi connectivity index (χ2n) is 5.35. The van der Waals surface area contributed by atoms with E-state index in [0.29, 0.717) is 11.3 Å². The van der Waals surface area contributed by atoms with E-state index in [-0.39, 0.29) is 0 Å². The predicted molar refractivity (Wildman–Crippen MR) is 95.3 cm³/mol. The Bertz CT molecular complexity index is 728. The van der Waals surface area contributed by atoms with E-state index in [4.69, 9.17) is 4.74 Å². The van der Waals surface area contributed by atoms with Crippen LogP contribution in [-0.4, -0.2) is 31.6 Å². The van der Waals surface area contributed by atoms with Crippen LogP contribution in [0.5, 0.6) is 0 Å². The average Bonchev–Trinajstić information content (AvgIpc) is 2.61. The summed E-state index contributed by atoms with van der Waals surface area (Å²) < 4.78 is 18.0. The van der Waals surface area contributed by atoms with Crippen LogP contribution >= 0.6 is 0 Å². The molecule has 0 atom stereocenters. The monoisotopic (exact) mass is 344 g/mol. The lowest BCUT2D eigenvalue weighted by atomic mass is 10.2. The number of halogens is 1. The Morgan fingerprint density at radius 2 is 1.76 bits per heavy atom. The van der Waals surface area contributed by atoms with Crippen molar-refractivity contribution < 1.29 is 18.7 Å². The summed E-state index contributed by atoms with van der Waals surface area (Å²) in [7, 11) is 0. The molecule has 0 unspecified atom stereocenters. The molecule has 2 rings (SSSR count). The summed E-state index contributed by atoms with van der Waals surface area (Å²) in [6.07, 6.45) is 0. The molecule has 1 amide bonds. The molecule has 0 saturated carbocycles. The molecule has 1 N–H and O–H groups in total. The van der Waals surface area contributed by atoms with Gasteiger partial charge < -0.3 is 15.0 Å². The van der Waals surface area contributed by atoms with Gasteiger partial charge in [-0.15, -0.1) is 0 Å². The van der Waals surface area contributed by atoms with Crippen molar-refractivity contribution >= 4 is 23.3 Å². The maximum absolute atomic E-state index is 13.1. The summed E-state index contributed by atoms with van der Waals surface area (Å²) >= 11 is 0. The average molecular weight is 344 g/mol. The molecule has 0 bridgehead atoms. The Hall–Kier alpha value is -2.89. The molecular formula is C19H21FN2O3. The first kappa shape index (κ1) is 18.4. The Morgan fingerprint density at radius 1 is 1.08 bits per heavy atom. The number of benzene rings is 2. The van der Waals surface area contributed by atoms with Gasteiger partial charge in [-0.1, -0.05) is 6.07 Å². The van der Waals surface area contributed by atoms with Gasteiger partial charge in [-0.25, -0.2) is 9.18 Å². The molecular weight excluding hydrogens is 323 g/mol. The topological polar surface area (TPSA) is 58.6 Å². The van der Waals surface area contributed by atoms with Crippen LogP contribution in [0.4, 0.5) is 15.8 Å². The van der Waals surface area contributed by atoms with Crippen molar-refractivity contribution in [2.45, 2.75) is 13.8 Å². The highest BCUT2D eigenvalue weighted by molar-refractivity contribution is 5.95. The number of carbonyl (C=O) groups is 2. The van der Waals surface area contributed by atoms with Gasteiger partial charge in [0.1, 0.15) is 5.82 Å². The molecule has 0 radical (unpaired) electrons. The molecule has 0 fully saturated rings. The van der Waals surface area contributed by atoms with Gasteiger partial charge in [0.15, 0.2) is 6.61 Å². The van der Waals surface area contributed by atoms with Crippen LogP contribution in [-0.2, 0) is 9.53 Å². The van der Waals surface area contributed by atoms with E-state index in [0.717, 1.165) is 18.8 Å². The molecule has 6 heteroatoms. The molecule has 132 valence electrons. The van der Waals surface area contributed by atoms with Gasteiger partial charge in [-0.05, 0) is 56.3 Å². The number of rotatable bonds is 7. The fourth-order valence-electron chi connectivity index (χ4n) is 2.37. The highest BCUT2D eigenvalue weighted by Crippen LogP contribution is 2.15. The maximum atomic E-state index is 13.1. The first-order chi connectivity index (χ1) is 12.0. The van der Waals surface area contributed by atoms with E-state index in [1.165, 1.54) is 18.2 Å². The summed E-state index contributed by atoms with van der Waals surface area (Å²) in [6.45, 7) is 5.43. The van der Waals surface area contributed by atoms with Crippen LogP contribution < -0.4 is 10.2 Å². The number of hydrogen-bond donors (Lipinski definition) is 1. The normalized spacial score (nSPS) is 10.2. The van der Waals surface area contributed by atoms with Crippen LogP contribution in [0.25, 0.3) is 0 Å². The number of nitrogens with zero attached hydrogens (tertiary/aromatic N) is 1. The van der Waals surface area contributed by atoms with Crippen LogP contribution in [0, 0.1) is 5.82 Å². The third-order valence-corrected chi connectivity index (χ3v) is 3.67. The summed E-state index contributed by atoms with van der Waals surface area (Å²) in [5.74, 6) is -1.57. The Balaban J connectivity index is 1.88. The fourth-order valence-corrected chi connectivity index (χ4v) is 2.37. The zero-order valence-corrected chi connectivity index (χ0v) is 14.3. The lowest BCUT2D eigenvalue weighted by Crippen LogP contribution is -2.22. The van der Waals surface area contributed by atoms with Crippen molar-refractivity contribution in [1.29, 1.82) is 0 Å². The Kier molecular flexibility index (Phi) is 6.51. The van der Waals surface area contributed by atoms with E-state index >= 15 is 0 Å². The summed E-state index contributed by atoms with van der Waals surface area (Å²) in [4.78, 5) is 25.9. The van der Waals surface area contributed by atoms with Gasteiger partial charge in [0.25, 0.3) is 5.91 Å². The van der Waals surface area contributed by atoms with E-state index in [2.05, 4.69) is 24.1 Å². The second-order valence-corrected chi connectivity index (χ2v) is 5.35. The molecule has 5 nitrogen and oxygen atoms in total. The molecule has 0 heterocycles. The summed E-state index contributed by atoms with van der Waals surface area (Å²) in [5.41, 5.74) is 1.70. The third kappa shape index (κ3) is 5.31. The minimum atomic E-state index is -0.583. The highest BCUT2D eigenvalue weighted by atomic mass is 19.1. The maximum Gasteiger partial charge on any atom is 0.338 e. The van der Waals surface area contributed by atoms with Crippen LogP contribution in [0.2, 0.25) is 0 Å². The van der Waals surface area contributed by atoms with Gasteiger partial charge in [0.2, 0.25) is 0 Å². The summed E-state index contributed by atoms with van der Waals surface area (Å²) in [6, 6.07) is 12.5. The second kappa shape index (κ2) is 8.82. The molecule has 0 aromatic heterocycles. The number of nitrogens with one attached hydrogen (secondary N) is 1. The van der Waals surface area contributed by atoms with Crippen molar-refractivity contribution in [2.75, 3.05) is 29.9 Å². The van der Waals surface area contributed by atoms with Crippen LogP contribution in [0.15, 0.2) is 48.5 Å². The van der Waals surface area contributed by atoms with Crippen molar-refractivity contribution in [2.24, 2.45) is 0 Å². The van der Waals surface area contributed by atoms with Crippen LogP contribution in [0.1, 0.15) is 24.2 Å². The van der Waals surface area contributed by atoms with E-state index in [9.17, 15) is 14.0 Å². The molecule has 0 aliphatic rings. The molecule has 0 aliphatic heterocycles. The highest BCUT2D eigenvalue weighted by Gasteiger charge is 2.11. The van der Waals surface area contributed by atoms with Crippen LogP contribution in [0.3, 0.4) is 0 Å². The first-order valence-corrected chi connectivity index (χ1v) is 8.11.